The molecule has 0 unspecified atom stereocenters. The molecule has 0 saturated carbocycles. The Morgan fingerprint density at radius 1 is 0.640 bits per heavy atom. The van der Waals surface area contributed by atoms with Gasteiger partial charge in [0, 0.05) is 11.4 Å². The van der Waals surface area contributed by atoms with Gasteiger partial charge in [-0.05, 0) is 24.3 Å². The van der Waals surface area contributed by atoms with E-state index in [4.69, 9.17) is 43.9 Å². The number of hydrogen-bond acceptors (Lipinski definition) is 10. The van der Waals surface area contributed by atoms with E-state index in [9.17, 15) is 9.59 Å². The van der Waals surface area contributed by atoms with Crippen molar-refractivity contribution in [2.45, 2.75) is 6.42 Å². The fourth-order valence-electron chi connectivity index (χ4n) is 2.05. The summed E-state index contributed by atoms with van der Waals surface area (Å²) in [7, 11) is 0. The molecule has 132 valence electrons. The van der Waals surface area contributed by atoms with E-state index in [0.717, 1.165) is 0 Å². The van der Waals surface area contributed by atoms with Crippen LogP contribution in [0.4, 0.5) is 34.1 Å². The summed E-state index contributed by atoms with van der Waals surface area (Å²) >= 11 is 0. The van der Waals surface area contributed by atoms with Crippen LogP contribution < -0.4 is 43.9 Å². The number of ether oxygens (including phenoxy) is 2. The van der Waals surface area contributed by atoms with Gasteiger partial charge in [0.15, 0.2) is 11.5 Å². The van der Waals surface area contributed by atoms with Crippen molar-refractivity contribution < 1.29 is 19.1 Å². The zero-order chi connectivity index (χ0) is 18.7. The van der Waals surface area contributed by atoms with Gasteiger partial charge >= 0.3 is 11.9 Å². The van der Waals surface area contributed by atoms with Crippen LogP contribution in [0.1, 0.15) is 6.42 Å². The molecule has 10 heteroatoms. The van der Waals surface area contributed by atoms with E-state index in [2.05, 4.69) is 0 Å². The van der Waals surface area contributed by atoms with Gasteiger partial charge in [-0.2, -0.15) is 0 Å². The van der Waals surface area contributed by atoms with Crippen molar-refractivity contribution in [1.29, 1.82) is 0 Å². The first kappa shape index (κ1) is 17.5. The number of rotatable bonds is 4. The molecule has 2 aromatic carbocycles. The molecule has 0 atom stereocenters. The summed E-state index contributed by atoms with van der Waals surface area (Å²) in [4.78, 5) is 23.8. The van der Waals surface area contributed by atoms with Gasteiger partial charge in [-0.3, -0.25) is 9.59 Å². The number of anilines is 6. The van der Waals surface area contributed by atoms with Crippen molar-refractivity contribution in [2.75, 3.05) is 34.4 Å². The summed E-state index contributed by atoms with van der Waals surface area (Å²) in [5.41, 5.74) is 34.7. The first-order valence-corrected chi connectivity index (χ1v) is 6.97. The molecule has 2 rings (SSSR count). The van der Waals surface area contributed by atoms with Crippen LogP contribution >= 0.6 is 0 Å². The highest BCUT2D eigenvalue weighted by Crippen LogP contribution is 2.33. The molecule has 0 aromatic heterocycles. The molecule has 0 fully saturated rings. The number of benzene rings is 2. The number of carbonyl (C=O) groups is 2. The van der Waals surface area contributed by atoms with E-state index in [0.29, 0.717) is 11.4 Å². The maximum Gasteiger partial charge on any atom is 0.322 e. The molecule has 12 N–H and O–H groups in total. The minimum atomic E-state index is -0.930. The largest absolute Gasteiger partial charge is 0.422 e. The minimum absolute atomic E-state index is 0.0613. The van der Waals surface area contributed by atoms with Gasteiger partial charge in [-0.25, -0.2) is 0 Å². The lowest BCUT2D eigenvalue weighted by atomic mass is 10.2. The van der Waals surface area contributed by atoms with Crippen molar-refractivity contribution in [1.82, 2.24) is 0 Å². The Bertz CT molecular complexity index is 736. The van der Waals surface area contributed by atoms with Crippen LogP contribution in [0.5, 0.6) is 11.5 Å². The number of hydrogen-bond donors (Lipinski definition) is 6. The molecule has 0 bridgehead atoms. The third-order valence-electron chi connectivity index (χ3n) is 3.06. The average molecular weight is 346 g/mol. The van der Waals surface area contributed by atoms with Gasteiger partial charge in [-0.1, -0.05) is 0 Å². The fraction of sp³-hybridized carbons (Fsp3) is 0.0667. The third-order valence-corrected chi connectivity index (χ3v) is 3.06. The first-order chi connectivity index (χ1) is 11.7. The molecule has 0 aliphatic rings. The van der Waals surface area contributed by atoms with Crippen LogP contribution in [0, 0.1) is 0 Å². The molecule has 2 aromatic rings. The molecule has 0 heterocycles. The van der Waals surface area contributed by atoms with Crippen LogP contribution in [-0.2, 0) is 9.59 Å². The van der Waals surface area contributed by atoms with Crippen LogP contribution in [0.2, 0.25) is 0 Å². The quantitative estimate of drug-likeness (QED) is 0.190. The first-order valence-electron chi connectivity index (χ1n) is 6.97. The number of nitrogen functional groups attached to an aromatic ring is 6. The Labute approximate surface area is 142 Å². The van der Waals surface area contributed by atoms with Gasteiger partial charge < -0.3 is 43.9 Å². The SMILES string of the molecule is Nc1cc(N)c(OC(=O)CC(=O)Oc2c(N)cc(N)cc2N)c(N)c1. The van der Waals surface area contributed by atoms with Crippen LogP contribution in [-0.4, -0.2) is 11.9 Å². The van der Waals surface area contributed by atoms with E-state index in [1.165, 1.54) is 24.3 Å². The topological polar surface area (TPSA) is 209 Å². The van der Waals surface area contributed by atoms with Crippen molar-refractivity contribution in [3.05, 3.63) is 24.3 Å². The zero-order valence-corrected chi connectivity index (χ0v) is 13.1. The predicted octanol–water partition coefficient (Wildman–Crippen LogP) is 0.0809. The van der Waals surface area contributed by atoms with Crippen molar-refractivity contribution >= 4 is 46.1 Å². The molecule has 0 saturated heterocycles. The Kier molecular flexibility index (Phi) is 4.73. The van der Waals surface area contributed by atoms with Crippen LogP contribution in [0.3, 0.4) is 0 Å². The van der Waals surface area contributed by atoms with Crippen LogP contribution in [0.15, 0.2) is 24.3 Å². The molecule has 0 aliphatic heterocycles. The average Bonchev–Trinajstić information content (AvgIpc) is 2.46. The second-order valence-electron chi connectivity index (χ2n) is 5.18. The molecule has 0 spiro atoms. The monoisotopic (exact) mass is 346 g/mol. The van der Waals surface area contributed by atoms with Gasteiger partial charge in [0.05, 0.1) is 22.7 Å². The lowest BCUT2D eigenvalue weighted by Gasteiger charge is -2.12. The molecule has 10 nitrogen and oxygen atoms in total. The Hall–Kier alpha value is -3.82. The zero-order valence-electron chi connectivity index (χ0n) is 13.1. The van der Waals surface area contributed by atoms with E-state index >= 15 is 0 Å². The molecular weight excluding hydrogens is 328 g/mol. The summed E-state index contributed by atoms with van der Waals surface area (Å²) in [5, 5.41) is 0. The molecular formula is C15H18N6O4. The second kappa shape index (κ2) is 6.74. The Balaban J connectivity index is 2.06. The lowest BCUT2D eigenvalue weighted by Crippen LogP contribution is -2.20. The molecule has 0 aliphatic carbocycles. The summed E-state index contributed by atoms with van der Waals surface area (Å²) in [6, 6.07) is 5.47. The highest BCUT2D eigenvalue weighted by atomic mass is 16.6. The molecule has 0 amide bonds. The van der Waals surface area contributed by atoms with E-state index in [-0.39, 0.29) is 34.2 Å². The van der Waals surface area contributed by atoms with E-state index in [1.807, 2.05) is 0 Å². The third kappa shape index (κ3) is 4.13. The minimum Gasteiger partial charge on any atom is -0.422 e. The number of carbonyl (C=O) groups excluding carboxylic acids is 2. The fourth-order valence-corrected chi connectivity index (χ4v) is 2.05. The van der Waals surface area contributed by atoms with Crippen molar-refractivity contribution in [3.8, 4) is 11.5 Å². The Morgan fingerprint density at radius 2 is 0.920 bits per heavy atom. The summed E-state index contributed by atoms with van der Waals surface area (Å²) in [6.45, 7) is 0. The van der Waals surface area contributed by atoms with Gasteiger partial charge in [0.2, 0.25) is 0 Å². The maximum atomic E-state index is 11.9. The molecule has 25 heavy (non-hydrogen) atoms. The summed E-state index contributed by atoms with van der Waals surface area (Å²) < 4.78 is 9.98. The normalized spacial score (nSPS) is 10.2. The number of nitrogens with two attached hydrogens (primary N) is 6. The highest BCUT2D eigenvalue weighted by Gasteiger charge is 2.19. The molecule has 0 radical (unpaired) electrons. The van der Waals surface area contributed by atoms with Crippen LogP contribution in [0.25, 0.3) is 0 Å². The maximum absolute atomic E-state index is 11.9. The van der Waals surface area contributed by atoms with E-state index < -0.39 is 18.4 Å². The lowest BCUT2D eigenvalue weighted by molar-refractivity contribution is -0.144. The smallest absolute Gasteiger partial charge is 0.322 e. The summed E-state index contributed by atoms with van der Waals surface area (Å²) in [5.74, 6) is -2.03. The Morgan fingerprint density at radius 3 is 1.20 bits per heavy atom. The standard InChI is InChI=1S/C15H18N6O4/c16-6-1-8(18)14(9(19)2-6)24-12(22)5-13(23)25-15-10(20)3-7(17)4-11(15)21/h1-4H,5,16-21H2. The number of esters is 2. The van der Waals surface area contributed by atoms with Gasteiger partial charge in [-0.15, -0.1) is 0 Å². The highest BCUT2D eigenvalue weighted by molar-refractivity contribution is 5.95. The predicted molar refractivity (Wildman–Crippen MR) is 95.2 cm³/mol. The van der Waals surface area contributed by atoms with Gasteiger partial charge in [0.25, 0.3) is 0 Å². The van der Waals surface area contributed by atoms with E-state index in [1.54, 1.807) is 0 Å². The van der Waals surface area contributed by atoms with Gasteiger partial charge in [0.1, 0.15) is 6.42 Å². The summed E-state index contributed by atoms with van der Waals surface area (Å²) in [6.07, 6.45) is -0.716. The van der Waals surface area contributed by atoms with Crippen molar-refractivity contribution in [3.63, 3.8) is 0 Å². The second-order valence-corrected chi connectivity index (χ2v) is 5.18. The van der Waals surface area contributed by atoms with Crippen molar-refractivity contribution in [2.24, 2.45) is 0 Å².